The molecule has 0 N–H and O–H groups in total. The van der Waals surface area contributed by atoms with Crippen molar-refractivity contribution in [2.24, 2.45) is 14.1 Å². The van der Waals surface area contributed by atoms with Gasteiger partial charge in [-0.05, 0) is 18.6 Å². The van der Waals surface area contributed by atoms with Crippen LogP contribution in [-0.2, 0) is 25.3 Å². The van der Waals surface area contributed by atoms with Gasteiger partial charge in [-0.25, -0.2) is 0 Å². The van der Waals surface area contributed by atoms with E-state index in [1.54, 1.807) is 0 Å². The van der Waals surface area contributed by atoms with Crippen LogP contribution < -0.4 is 0 Å². The second kappa shape index (κ2) is 4.95. The van der Waals surface area contributed by atoms with E-state index in [9.17, 15) is 4.79 Å². The summed E-state index contributed by atoms with van der Waals surface area (Å²) < 4.78 is 4.00. The fourth-order valence-corrected chi connectivity index (χ4v) is 1.84. The van der Waals surface area contributed by atoms with E-state index < -0.39 is 0 Å². The highest BCUT2D eigenvalue weighted by Gasteiger charge is 2.12. The van der Waals surface area contributed by atoms with Gasteiger partial charge in [0.2, 0.25) is 0 Å². The Balaban J connectivity index is 2.21. The Morgan fingerprint density at radius 3 is 2.82 bits per heavy atom. The average Bonchev–Trinajstić information content (AvgIpc) is 2.87. The molecule has 2 aromatic heterocycles. The van der Waals surface area contributed by atoms with Gasteiger partial charge in [0.15, 0.2) is 5.82 Å². The van der Waals surface area contributed by atoms with Crippen LogP contribution in [0.2, 0.25) is 0 Å². The van der Waals surface area contributed by atoms with Crippen LogP contribution in [-0.4, -0.2) is 25.6 Å². The number of carbonyl (C=O) groups is 1. The minimum Gasteiger partial charge on any atom is -0.348 e. The predicted molar refractivity (Wildman–Crippen MR) is 64.4 cm³/mol. The summed E-state index contributed by atoms with van der Waals surface area (Å²) in [6, 6.07) is 4.00. The van der Waals surface area contributed by atoms with Crippen molar-refractivity contribution in [2.45, 2.75) is 19.3 Å². The van der Waals surface area contributed by atoms with E-state index in [4.69, 9.17) is 0 Å². The first-order valence-electron chi connectivity index (χ1n) is 5.67. The Morgan fingerprint density at radius 1 is 1.35 bits per heavy atom. The van der Waals surface area contributed by atoms with Gasteiger partial charge in [0.1, 0.15) is 12.1 Å². The highest BCUT2D eigenvalue weighted by Crippen LogP contribution is 2.17. The molecular weight excluding hydrogens is 216 g/mol. The molecule has 0 amide bonds. The molecule has 2 heterocycles. The third kappa shape index (κ3) is 2.27. The molecule has 0 aromatic carbocycles. The van der Waals surface area contributed by atoms with Gasteiger partial charge in [-0.15, -0.1) is 10.2 Å². The van der Waals surface area contributed by atoms with E-state index in [1.165, 1.54) is 0 Å². The zero-order chi connectivity index (χ0) is 12.3. The summed E-state index contributed by atoms with van der Waals surface area (Å²) in [5, 5.41) is 8.37. The first-order valence-corrected chi connectivity index (χ1v) is 5.67. The van der Waals surface area contributed by atoms with E-state index in [-0.39, 0.29) is 0 Å². The molecule has 0 saturated carbocycles. The lowest BCUT2D eigenvalue weighted by atomic mass is 10.2. The lowest BCUT2D eigenvalue weighted by Gasteiger charge is -2.04. The van der Waals surface area contributed by atoms with Crippen molar-refractivity contribution >= 4 is 6.29 Å². The summed E-state index contributed by atoms with van der Waals surface area (Å²) in [6.07, 6.45) is 5.10. The van der Waals surface area contributed by atoms with Gasteiger partial charge in [0.05, 0.1) is 5.69 Å². The molecule has 0 aliphatic heterocycles. The van der Waals surface area contributed by atoms with Crippen molar-refractivity contribution in [3.63, 3.8) is 0 Å². The second-order valence-electron chi connectivity index (χ2n) is 4.06. The van der Waals surface area contributed by atoms with Crippen molar-refractivity contribution in [3.8, 4) is 11.5 Å². The quantitative estimate of drug-likeness (QED) is 0.577. The highest BCUT2D eigenvalue weighted by atomic mass is 16.1. The van der Waals surface area contributed by atoms with Crippen molar-refractivity contribution in [2.75, 3.05) is 0 Å². The minimum absolute atomic E-state index is 0.576. The van der Waals surface area contributed by atoms with Crippen LogP contribution in [0.1, 0.15) is 18.7 Å². The highest BCUT2D eigenvalue weighted by molar-refractivity contribution is 5.51. The average molecular weight is 232 g/mol. The largest absolute Gasteiger partial charge is 0.348 e. The van der Waals surface area contributed by atoms with E-state index in [1.807, 2.05) is 41.6 Å². The Morgan fingerprint density at radius 2 is 2.18 bits per heavy atom. The molecule has 17 heavy (non-hydrogen) atoms. The molecule has 0 radical (unpaired) electrons. The summed E-state index contributed by atoms with van der Waals surface area (Å²) in [6.45, 7) is 0. The molecule has 2 rings (SSSR count). The molecule has 0 fully saturated rings. The number of carbonyl (C=O) groups excluding carboxylic acids is 1. The maximum absolute atomic E-state index is 10.3. The lowest BCUT2D eigenvalue weighted by molar-refractivity contribution is -0.107. The molecule has 0 aliphatic carbocycles. The number of aldehydes is 1. The maximum atomic E-state index is 10.3. The molecule has 0 atom stereocenters. The normalized spacial score (nSPS) is 10.7. The molecule has 5 nitrogen and oxygen atoms in total. The monoisotopic (exact) mass is 232 g/mol. The molecular formula is C12H16N4O. The van der Waals surface area contributed by atoms with Crippen LogP contribution >= 0.6 is 0 Å². The van der Waals surface area contributed by atoms with Crippen LogP contribution in [0.5, 0.6) is 0 Å². The molecule has 0 aliphatic rings. The summed E-state index contributed by atoms with van der Waals surface area (Å²) in [4.78, 5) is 10.3. The molecule has 0 bridgehead atoms. The predicted octanol–water partition coefficient (Wildman–Crippen LogP) is 1.34. The third-order valence-corrected chi connectivity index (χ3v) is 2.86. The molecule has 0 saturated heterocycles. The van der Waals surface area contributed by atoms with Gasteiger partial charge in [-0.1, -0.05) is 0 Å². The Labute approximate surface area is 100 Å². The van der Waals surface area contributed by atoms with Gasteiger partial charge in [0, 0.05) is 33.1 Å². The summed E-state index contributed by atoms with van der Waals surface area (Å²) >= 11 is 0. The maximum Gasteiger partial charge on any atom is 0.180 e. The van der Waals surface area contributed by atoms with E-state index >= 15 is 0 Å². The van der Waals surface area contributed by atoms with Crippen LogP contribution in [0.3, 0.4) is 0 Å². The number of unbranched alkanes of at least 4 members (excludes halogenated alkanes) is 1. The topological polar surface area (TPSA) is 52.7 Å². The third-order valence-electron chi connectivity index (χ3n) is 2.86. The molecule has 0 spiro atoms. The summed E-state index contributed by atoms with van der Waals surface area (Å²) in [5.74, 6) is 1.78. The SMILES string of the molecule is Cn1cccc1-c1nnc(CCCC=O)n1C. The number of rotatable bonds is 5. The molecule has 2 aromatic rings. The van der Waals surface area contributed by atoms with Crippen molar-refractivity contribution in [3.05, 3.63) is 24.2 Å². The first-order chi connectivity index (χ1) is 8.24. The van der Waals surface area contributed by atoms with Crippen LogP contribution in [0.4, 0.5) is 0 Å². The van der Waals surface area contributed by atoms with Gasteiger partial charge >= 0.3 is 0 Å². The zero-order valence-electron chi connectivity index (χ0n) is 10.1. The number of hydrogen-bond acceptors (Lipinski definition) is 3. The number of hydrogen-bond donors (Lipinski definition) is 0. The van der Waals surface area contributed by atoms with Crippen LogP contribution in [0.15, 0.2) is 18.3 Å². The fraction of sp³-hybridized carbons (Fsp3) is 0.417. The summed E-state index contributed by atoms with van der Waals surface area (Å²) in [5.41, 5.74) is 1.04. The number of aromatic nitrogens is 4. The Hall–Kier alpha value is -1.91. The van der Waals surface area contributed by atoms with E-state index in [2.05, 4.69) is 10.2 Å². The molecule has 5 heteroatoms. The first kappa shape index (κ1) is 11.6. The van der Waals surface area contributed by atoms with Gasteiger partial charge in [-0.2, -0.15) is 0 Å². The van der Waals surface area contributed by atoms with Crippen molar-refractivity contribution < 1.29 is 4.79 Å². The number of nitrogens with zero attached hydrogens (tertiary/aromatic N) is 4. The lowest BCUT2D eigenvalue weighted by Crippen LogP contribution is -2.02. The van der Waals surface area contributed by atoms with E-state index in [0.29, 0.717) is 6.42 Å². The molecule has 90 valence electrons. The second-order valence-corrected chi connectivity index (χ2v) is 4.06. The fourth-order valence-electron chi connectivity index (χ4n) is 1.84. The minimum atomic E-state index is 0.576. The van der Waals surface area contributed by atoms with E-state index in [0.717, 1.165) is 36.5 Å². The van der Waals surface area contributed by atoms with Crippen molar-refractivity contribution in [1.82, 2.24) is 19.3 Å². The zero-order valence-corrected chi connectivity index (χ0v) is 10.1. The number of aryl methyl sites for hydroxylation is 2. The smallest absolute Gasteiger partial charge is 0.180 e. The Bertz CT molecular complexity index is 512. The van der Waals surface area contributed by atoms with Crippen molar-refractivity contribution in [1.29, 1.82) is 0 Å². The summed E-state index contributed by atoms with van der Waals surface area (Å²) in [7, 11) is 3.94. The van der Waals surface area contributed by atoms with Crippen LogP contribution in [0.25, 0.3) is 11.5 Å². The standard InChI is InChI=1S/C12H16N4O/c1-15-8-5-6-10(15)12-14-13-11(16(12)2)7-3-4-9-17/h5-6,8-9H,3-4,7H2,1-2H3. The van der Waals surface area contributed by atoms with Gasteiger partial charge < -0.3 is 13.9 Å². The molecule has 0 unspecified atom stereocenters. The van der Waals surface area contributed by atoms with Crippen LogP contribution in [0, 0.1) is 0 Å². The van der Waals surface area contributed by atoms with Gasteiger partial charge in [-0.3, -0.25) is 0 Å². The Kier molecular flexibility index (Phi) is 3.37. The van der Waals surface area contributed by atoms with Gasteiger partial charge in [0.25, 0.3) is 0 Å².